The monoisotopic (exact) mass is 249 g/mol. The van der Waals surface area contributed by atoms with E-state index in [2.05, 4.69) is 4.90 Å². The summed E-state index contributed by atoms with van der Waals surface area (Å²) >= 11 is 0. The molecule has 1 unspecified atom stereocenters. The summed E-state index contributed by atoms with van der Waals surface area (Å²) in [5.74, 6) is 0.0822. The number of benzene rings is 1. The molecule has 1 N–H and O–H groups in total. The van der Waals surface area contributed by atoms with Gasteiger partial charge in [-0.15, -0.1) is 0 Å². The molecular weight excluding hydrogens is 230 g/mol. The van der Waals surface area contributed by atoms with E-state index < -0.39 is 0 Å². The highest BCUT2D eigenvalue weighted by molar-refractivity contribution is 5.90. The SMILES string of the molecule is COC(=O)c1ccccc1CN1CCC(CO)C1. The zero-order valence-corrected chi connectivity index (χ0v) is 10.6. The van der Waals surface area contributed by atoms with Crippen molar-refractivity contribution in [3.63, 3.8) is 0 Å². The molecule has 0 bridgehead atoms. The number of carbonyl (C=O) groups excluding carboxylic acids is 1. The number of likely N-dealkylation sites (tertiary alicyclic amines) is 1. The molecule has 2 rings (SSSR count). The van der Waals surface area contributed by atoms with E-state index in [4.69, 9.17) is 9.84 Å². The largest absolute Gasteiger partial charge is 0.465 e. The van der Waals surface area contributed by atoms with Crippen molar-refractivity contribution < 1.29 is 14.6 Å². The molecule has 0 spiro atoms. The second-order valence-electron chi connectivity index (χ2n) is 4.72. The zero-order valence-electron chi connectivity index (χ0n) is 10.6. The van der Waals surface area contributed by atoms with Crippen molar-refractivity contribution in [3.05, 3.63) is 35.4 Å². The summed E-state index contributed by atoms with van der Waals surface area (Å²) in [6, 6.07) is 7.52. The minimum Gasteiger partial charge on any atom is -0.465 e. The lowest BCUT2D eigenvalue weighted by atomic mass is 10.1. The molecule has 1 atom stereocenters. The first-order chi connectivity index (χ1) is 8.74. The van der Waals surface area contributed by atoms with Gasteiger partial charge in [-0.3, -0.25) is 4.90 Å². The molecule has 0 radical (unpaired) electrons. The smallest absolute Gasteiger partial charge is 0.338 e. The molecule has 4 heteroatoms. The van der Waals surface area contributed by atoms with Crippen LogP contribution < -0.4 is 0 Å². The Morgan fingerprint density at radius 2 is 2.28 bits per heavy atom. The average molecular weight is 249 g/mol. The minimum absolute atomic E-state index is 0.245. The zero-order chi connectivity index (χ0) is 13.0. The third-order valence-corrected chi connectivity index (χ3v) is 3.44. The van der Waals surface area contributed by atoms with Crippen LogP contribution in [-0.2, 0) is 11.3 Å². The fourth-order valence-electron chi connectivity index (χ4n) is 2.41. The van der Waals surface area contributed by atoms with E-state index in [0.29, 0.717) is 11.5 Å². The molecule has 1 aromatic carbocycles. The molecule has 1 fully saturated rings. The maximum atomic E-state index is 11.6. The first-order valence-corrected chi connectivity index (χ1v) is 6.24. The second-order valence-corrected chi connectivity index (χ2v) is 4.72. The number of aliphatic hydroxyl groups excluding tert-OH is 1. The number of methoxy groups -OCH3 is 1. The molecular formula is C14H19NO3. The normalized spacial score (nSPS) is 20.0. The number of hydrogen-bond acceptors (Lipinski definition) is 4. The van der Waals surface area contributed by atoms with Crippen molar-refractivity contribution in [2.24, 2.45) is 5.92 Å². The number of ether oxygens (including phenoxy) is 1. The Balaban J connectivity index is 2.07. The predicted octanol–water partition coefficient (Wildman–Crippen LogP) is 1.29. The lowest BCUT2D eigenvalue weighted by molar-refractivity contribution is 0.0598. The summed E-state index contributed by atoms with van der Waals surface area (Å²) in [4.78, 5) is 13.9. The van der Waals surface area contributed by atoms with Crippen molar-refractivity contribution >= 4 is 5.97 Å². The first kappa shape index (κ1) is 13.1. The topological polar surface area (TPSA) is 49.8 Å². The van der Waals surface area contributed by atoms with Gasteiger partial charge in [-0.2, -0.15) is 0 Å². The van der Waals surface area contributed by atoms with Crippen LogP contribution in [0.4, 0.5) is 0 Å². The van der Waals surface area contributed by atoms with Gasteiger partial charge in [-0.1, -0.05) is 18.2 Å². The Bertz CT molecular complexity index is 419. The molecule has 0 saturated carbocycles. The van der Waals surface area contributed by atoms with E-state index in [9.17, 15) is 4.79 Å². The van der Waals surface area contributed by atoms with Crippen LogP contribution in [0.2, 0.25) is 0 Å². The van der Waals surface area contributed by atoms with Gasteiger partial charge in [-0.05, 0) is 30.5 Å². The van der Waals surface area contributed by atoms with Crippen LogP contribution >= 0.6 is 0 Å². The number of rotatable bonds is 4. The molecule has 1 saturated heterocycles. The number of aliphatic hydroxyl groups is 1. The van der Waals surface area contributed by atoms with Gasteiger partial charge >= 0.3 is 5.97 Å². The van der Waals surface area contributed by atoms with E-state index in [1.165, 1.54) is 7.11 Å². The maximum Gasteiger partial charge on any atom is 0.338 e. The van der Waals surface area contributed by atoms with Crippen LogP contribution in [0.15, 0.2) is 24.3 Å². The lowest BCUT2D eigenvalue weighted by Gasteiger charge is -2.17. The van der Waals surface area contributed by atoms with Gasteiger partial charge in [0.15, 0.2) is 0 Å². The summed E-state index contributed by atoms with van der Waals surface area (Å²) in [6.45, 7) is 2.85. The third-order valence-electron chi connectivity index (χ3n) is 3.44. The molecule has 0 aliphatic carbocycles. The molecule has 1 aliphatic heterocycles. The highest BCUT2D eigenvalue weighted by atomic mass is 16.5. The highest BCUT2D eigenvalue weighted by Gasteiger charge is 2.23. The van der Waals surface area contributed by atoms with Crippen LogP contribution in [0.1, 0.15) is 22.3 Å². The number of nitrogens with zero attached hydrogens (tertiary/aromatic N) is 1. The van der Waals surface area contributed by atoms with Gasteiger partial charge in [0.1, 0.15) is 0 Å². The first-order valence-electron chi connectivity index (χ1n) is 6.24. The van der Waals surface area contributed by atoms with Crippen LogP contribution in [0.3, 0.4) is 0 Å². The van der Waals surface area contributed by atoms with Gasteiger partial charge < -0.3 is 9.84 Å². The van der Waals surface area contributed by atoms with Crippen molar-refractivity contribution in [1.82, 2.24) is 4.90 Å². The standard InChI is InChI=1S/C14H19NO3/c1-18-14(17)13-5-3-2-4-12(13)9-15-7-6-11(8-15)10-16/h2-5,11,16H,6-10H2,1H3. The highest BCUT2D eigenvalue weighted by Crippen LogP contribution is 2.20. The summed E-state index contributed by atoms with van der Waals surface area (Å²) in [5.41, 5.74) is 1.62. The van der Waals surface area contributed by atoms with E-state index >= 15 is 0 Å². The Morgan fingerprint density at radius 3 is 2.94 bits per heavy atom. The Morgan fingerprint density at radius 1 is 1.50 bits per heavy atom. The van der Waals surface area contributed by atoms with Crippen LogP contribution in [0, 0.1) is 5.92 Å². The Kier molecular flexibility index (Phi) is 4.33. The molecule has 18 heavy (non-hydrogen) atoms. The minimum atomic E-state index is -0.288. The van der Waals surface area contributed by atoms with Gasteiger partial charge in [0, 0.05) is 19.7 Å². The van der Waals surface area contributed by atoms with E-state index in [0.717, 1.165) is 31.6 Å². The number of hydrogen-bond donors (Lipinski definition) is 1. The summed E-state index contributed by atoms with van der Waals surface area (Å²) < 4.78 is 4.79. The molecule has 1 heterocycles. The summed E-state index contributed by atoms with van der Waals surface area (Å²) in [6.07, 6.45) is 1.02. The average Bonchev–Trinajstić information content (AvgIpc) is 2.86. The van der Waals surface area contributed by atoms with Gasteiger partial charge in [0.05, 0.1) is 12.7 Å². The molecule has 98 valence electrons. The van der Waals surface area contributed by atoms with Crippen molar-refractivity contribution in [2.75, 3.05) is 26.8 Å². The number of esters is 1. The maximum absolute atomic E-state index is 11.6. The van der Waals surface area contributed by atoms with Crippen LogP contribution in [0.5, 0.6) is 0 Å². The van der Waals surface area contributed by atoms with Crippen molar-refractivity contribution in [3.8, 4) is 0 Å². The molecule has 0 amide bonds. The van der Waals surface area contributed by atoms with E-state index in [-0.39, 0.29) is 12.6 Å². The molecule has 1 aliphatic rings. The molecule has 4 nitrogen and oxygen atoms in total. The predicted molar refractivity (Wildman–Crippen MR) is 68.3 cm³/mol. The van der Waals surface area contributed by atoms with Crippen molar-refractivity contribution in [2.45, 2.75) is 13.0 Å². The van der Waals surface area contributed by atoms with E-state index in [1.807, 2.05) is 18.2 Å². The Hall–Kier alpha value is -1.39. The van der Waals surface area contributed by atoms with Gasteiger partial charge in [-0.25, -0.2) is 4.79 Å². The fourth-order valence-corrected chi connectivity index (χ4v) is 2.41. The Labute approximate surface area is 107 Å². The molecule has 1 aromatic rings. The summed E-state index contributed by atoms with van der Waals surface area (Å²) in [7, 11) is 1.40. The van der Waals surface area contributed by atoms with Crippen LogP contribution in [0.25, 0.3) is 0 Å². The summed E-state index contributed by atoms with van der Waals surface area (Å²) in [5, 5.41) is 9.13. The van der Waals surface area contributed by atoms with Crippen LogP contribution in [-0.4, -0.2) is 42.8 Å². The lowest BCUT2D eigenvalue weighted by Crippen LogP contribution is -2.22. The van der Waals surface area contributed by atoms with E-state index in [1.54, 1.807) is 6.07 Å². The number of carbonyl (C=O) groups is 1. The third kappa shape index (κ3) is 2.89. The second kappa shape index (κ2) is 5.98. The van der Waals surface area contributed by atoms with Crippen molar-refractivity contribution in [1.29, 1.82) is 0 Å². The van der Waals surface area contributed by atoms with Gasteiger partial charge in [0.2, 0.25) is 0 Å². The molecule has 0 aromatic heterocycles. The van der Waals surface area contributed by atoms with Gasteiger partial charge in [0.25, 0.3) is 0 Å². The fraction of sp³-hybridized carbons (Fsp3) is 0.500. The quantitative estimate of drug-likeness (QED) is 0.817.